The number of ether oxygens (including phenoxy) is 2. The summed E-state index contributed by atoms with van der Waals surface area (Å²) in [6, 6.07) is 2.87. The fourth-order valence-corrected chi connectivity index (χ4v) is 3.04. The Balaban J connectivity index is 2.68. The van der Waals surface area contributed by atoms with E-state index in [1.807, 2.05) is 20.8 Å². The Hall–Kier alpha value is -1.58. The van der Waals surface area contributed by atoms with Gasteiger partial charge in [-0.3, -0.25) is 0 Å². The number of halogens is 3. The predicted molar refractivity (Wildman–Crippen MR) is 97.8 cm³/mol. The minimum Gasteiger partial charge on any atom is -0.485 e. The maximum atomic E-state index is 13.6. The first-order chi connectivity index (χ1) is 12.4. The summed E-state index contributed by atoms with van der Waals surface area (Å²) < 4.78 is 74.7. The number of nitrogens with one attached hydrogen (secondary N) is 1. The van der Waals surface area contributed by atoms with E-state index in [1.165, 1.54) is 18.2 Å². The molecule has 154 valence electrons. The van der Waals surface area contributed by atoms with E-state index in [1.54, 1.807) is 6.92 Å². The zero-order valence-electron chi connectivity index (χ0n) is 15.8. The van der Waals surface area contributed by atoms with Gasteiger partial charge in [0.05, 0.1) is 13.2 Å². The summed E-state index contributed by atoms with van der Waals surface area (Å²) in [6.45, 7) is 7.23. The summed E-state index contributed by atoms with van der Waals surface area (Å²) in [4.78, 5) is 0. The van der Waals surface area contributed by atoms with Crippen molar-refractivity contribution in [2.45, 2.75) is 40.2 Å². The lowest BCUT2D eigenvalue weighted by Gasteiger charge is -2.17. The van der Waals surface area contributed by atoms with Crippen LogP contribution in [-0.4, -0.2) is 34.7 Å². The highest BCUT2D eigenvalue weighted by Gasteiger charge is 2.16. The molecule has 0 aliphatic carbocycles. The topological polar surface area (TPSA) is 64.6 Å². The molecule has 1 atom stereocenters. The highest BCUT2D eigenvalue weighted by Crippen LogP contribution is 2.24. The van der Waals surface area contributed by atoms with Crippen molar-refractivity contribution in [3.63, 3.8) is 0 Å². The number of sulfonamides is 1. The highest BCUT2D eigenvalue weighted by atomic mass is 32.2. The smallest absolute Gasteiger partial charge is 0.272 e. The number of hydrogen-bond donors (Lipinski definition) is 1. The number of alkyl halides is 2. The first-order valence-corrected chi connectivity index (χ1v) is 9.91. The number of rotatable bonds is 10. The van der Waals surface area contributed by atoms with Gasteiger partial charge in [0.1, 0.15) is 6.61 Å². The van der Waals surface area contributed by atoms with E-state index < -0.39 is 34.9 Å². The monoisotopic (exact) mass is 409 g/mol. The summed E-state index contributed by atoms with van der Waals surface area (Å²) in [6.07, 6.45) is -1.36. The van der Waals surface area contributed by atoms with E-state index in [-0.39, 0.29) is 17.8 Å². The van der Waals surface area contributed by atoms with Crippen molar-refractivity contribution in [3.05, 3.63) is 41.1 Å². The summed E-state index contributed by atoms with van der Waals surface area (Å²) >= 11 is 0. The molecule has 1 rings (SSSR count). The van der Waals surface area contributed by atoms with Crippen LogP contribution in [0, 0.1) is 11.2 Å². The third-order valence-electron chi connectivity index (χ3n) is 3.19. The average Bonchev–Trinajstić information content (AvgIpc) is 2.51. The maximum Gasteiger partial charge on any atom is 0.272 e. The fraction of sp³-hybridized carbons (Fsp3) is 0.556. The van der Waals surface area contributed by atoms with E-state index in [0.29, 0.717) is 12.2 Å². The van der Waals surface area contributed by atoms with Crippen LogP contribution >= 0.6 is 0 Å². The van der Waals surface area contributed by atoms with Crippen LogP contribution in [0.2, 0.25) is 0 Å². The van der Waals surface area contributed by atoms with Gasteiger partial charge in [0.2, 0.25) is 10.0 Å². The van der Waals surface area contributed by atoms with E-state index in [2.05, 4.69) is 4.72 Å². The van der Waals surface area contributed by atoms with E-state index in [4.69, 9.17) is 9.47 Å². The van der Waals surface area contributed by atoms with Crippen LogP contribution in [0.5, 0.6) is 5.75 Å². The zero-order valence-corrected chi connectivity index (χ0v) is 16.7. The van der Waals surface area contributed by atoms with Gasteiger partial charge in [-0.25, -0.2) is 26.3 Å². The Kier molecular flexibility index (Phi) is 8.77. The molecule has 0 saturated carbocycles. The summed E-state index contributed by atoms with van der Waals surface area (Å²) in [5.41, 5.74) is 0.355. The van der Waals surface area contributed by atoms with Gasteiger partial charge in [-0.1, -0.05) is 26.8 Å². The fourth-order valence-electron chi connectivity index (χ4n) is 2.01. The molecule has 1 N–H and O–H groups in total. The maximum absolute atomic E-state index is 13.6. The molecule has 0 aromatic heterocycles. The molecule has 0 aliphatic heterocycles. The van der Waals surface area contributed by atoms with Gasteiger partial charge in [-0.15, -0.1) is 0 Å². The van der Waals surface area contributed by atoms with Gasteiger partial charge < -0.3 is 9.47 Å². The molecule has 0 unspecified atom stereocenters. The van der Waals surface area contributed by atoms with Crippen molar-refractivity contribution in [2.24, 2.45) is 5.41 Å². The second kappa shape index (κ2) is 10.1. The van der Waals surface area contributed by atoms with Gasteiger partial charge in [0, 0.05) is 11.4 Å². The molecule has 0 fully saturated rings. The van der Waals surface area contributed by atoms with Crippen LogP contribution in [0.1, 0.15) is 39.3 Å². The Morgan fingerprint density at radius 1 is 1.26 bits per heavy atom. The molecule has 0 heterocycles. The molecule has 0 bridgehead atoms. The van der Waals surface area contributed by atoms with Crippen LogP contribution in [0.15, 0.2) is 29.7 Å². The lowest BCUT2D eigenvalue weighted by Crippen LogP contribution is -2.25. The Bertz CT molecular complexity index is 731. The van der Waals surface area contributed by atoms with Crippen molar-refractivity contribution >= 4 is 10.0 Å². The van der Waals surface area contributed by atoms with Gasteiger partial charge >= 0.3 is 0 Å². The largest absolute Gasteiger partial charge is 0.485 e. The molecule has 1 aromatic carbocycles. The number of hydrogen-bond acceptors (Lipinski definition) is 4. The summed E-state index contributed by atoms with van der Waals surface area (Å²) in [5, 5.41) is 0.990. The van der Waals surface area contributed by atoms with Crippen LogP contribution in [0.25, 0.3) is 0 Å². The second-order valence-corrected chi connectivity index (χ2v) is 8.82. The minimum atomic E-state index is -3.76. The third-order valence-corrected chi connectivity index (χ3v) is 4.42. The SMILES string of the molecule is C[C@@H](NS(=O)(=O)/C=C/COCC(C)(C)C)c1ccc(F)c(OCC(F)F)c1. The number of benzene rings is 1. The summed E-state index contributed by atoms with van der Waals surface area (Å²) in [7, 11) is -3.76. The first kappa shape index (κ1) is 23.5. The Labute approximate surface area is 158 Å². The van der Waals surface area contributed by atoms with Gasteiger partial charge in [-0.05, 0) is 36.1 Å². The highest BCUT2D eigenvalue weighted by molar-refractivity contribution is 7.92. The van der Waals surface area contributed by atoms with Crippen LogP contribution in [0.3, 0.4) is 0 Å². The quantitative estimate of drug-likeness (QED) is 0.593. The van der Waals surface area contributed by atoms with Crippen LogP contribution in [0.4, 0.5) is 13.2 Å². The lowest BCUT2D eigenvalue weighted by atomic mass is 9.99. The lowest BCUT2D eigenvalue weighted by molar-refractivity contribution is 0.0798. The molecule has 1 aromatic rings. The normalized spacial score (nSPS) is 14.1. The molecule has 9 heteroatoms. The Morgan fingerprint density at radius 3 is 2.52 bits per heavy atom. The summed E-state index contributed by atoms with van der Waals surface area (Å²) in [5.74, 6) is -1.16. The molecular formula is C18H26F3NO4S. The standard InChI is InChI=1S/C18H26F3NO4S/c1-13(14-6-7-15(19)16(10-14)26-11-17(20)21)22-27(23,24)9-5-8-25-12-18(2,3)4/h5-7,9-10,13,17,22H,8,11-12H2,1-4H3/b9-5+/t13-/m1/s1. The first-order valence-electron chi connectivity index (χ1n) is 8.36. The van der Waals surface area contributed by atoms with Crippen LogP contribution in [-0.2, 0) is 14.8 Å². The van der Waals surface area contributed by atoms with Crippen molar-refractivity contribution < 1.29 is 31.1 Å². The van der Waals surface area contributed by atoms with Gasteiger partial charge in [0.15, 0.2) is 11.6 Å². The molecule has 5 nitrogen and oxygen atoms in total. The minimum absolute atomic E-state index is 0.0217. The Morgan fingerprint density at radius 2 is 1.93 bits per heavy atom. The van der Waals surface area contributed by atoms with Crippen molar-refractivity contribution in [3.8, 4) is 5.75 Å². The molecule has 0 radical (unpaired) electrons. The van der Waals surface area contributed by atoms with E-state index in [9.17, 15) is 21.6 Å². The third kappa shape index (κ3) is 9.78. The molecule has 0 aliphatic rings. The predicted octanol–water partition coefficient (Wildman–Crippen LogP) is 4.03. The van der Waals surface area contributed by atoms with E-state index >= 15 is 0 Å². The van der Waals surface area contributed by atoms with Crippen molar-refractivity contribution in [1.82, 2.24) is 4.72 Å². The van der Waals surface area contributed by atoms with Gasteiger partial charge in [-0.2, -0.15) is 0 Å². The van der Waals surface area contributed by atoms with Crippen molar-refractivity contribution in [1.29, 1.82) is 0 Å². The molecule has 27 heavy (non-hydrogen) atoms. The molecular weight excluding hydrogens is 383 g/mol. The molecule has 0 amide bonds. The van der Waals surface area contributed by atoms with Crippen molar-refractivity contribution in [2.75, 3.05) is 19.8 Å². The van der Waals surface area contributed by atoms with E-state index in [0.717, 1.165) is 11.5 Å². The molecule has 0 spiro atoms. The average molecular weight is 409 g/mol. The second-order valence-electron chi connectivity index (χ2n) is 7.22. The zero-order chi connectivity index (χ0) is 20.7. The van der Waals surface area contributed by atoms with Gasteiger partial charge in [0.25, 0.3) is 6.43 Å². The van der Waals surface area contributed by atoms with Crippen LogP contribution < -0.4 is 9.46 Å². The molecule has 0 saturated heterocycles.